The van der Waals surface area contributed by atoms with E-state index >= 15 is 0 Å². The Morgan fingerprint density at radius 1 is 1.14 bits per heavy atom. The van der Waals surface area contributed by atoms with Gasteiger partial charge in [-0.3, -0.25) is 9.69 Å². The van der Waals surface area contributed by atoms with Crippen molar-refractivity contribution in [2.45, 2.75) is 46.1 Å². The fourth-order valence-electron chi connectivity index (χ4n) is 2.88. The number of hydrogen-bond donors (Lipinski definition) is 1. The van der Waals surface area contributed by atoms with Gasteiger partial charge in [0.15, 0.2) is 0 Å². The molecule has 1 heterocycles. The van der Waals surface area contributed by atoms with Gasteiger partial charge in [0.05, 0.1) is 6.04 Å². The molecule has 1 saturated heterocycles. The first kappa shape index (κ1) is 16.0. The molecule has 0 saturated carbocycles. The van der Waals surface area contributed by atoms with Crippen LogP contribution in [0.4, 0.5) is 0 Å². The van der Waals surface area contributed by atoms with E-state index in [0.29, 0.717) is 12.6 Å². The van der Waals surface area contributed by atoms with Crippen molar-refractivity contribution in [3.63, 3.8) is 0 Å². The molecule has 1 amide bonds. The van der Waals surface area contributed by atoms with E-state index in [4.69, 9.17) is 0 Å². The highest BCUT2D eigenvalue weighted by molar-refractivity contribution is 5.77. The monoisotopic (exact) mass is 288 g/mol. The number of rotatable bonds is 5. The van der Waals surface area contributed by atoms with Crippen molar-refractivity contribution in [2.24, 2.45) is 5.92 Å². The van der Waals surface area contributed by atoms with E-state index < -0.39 is 0 Å². The maximum Gasteiger partial charge on any atom is 0.222 e. The smallest absolute Gasteiger partial charge is 0.222 e. The zero-order chi connectivity index (χ0) is 15.2. The van der Waals surface area contributed by atoms with Crippen LogP contribution in [0.3, 0.4) is 0 Å². The van der Waals surface area contributed by atoms with Gasteiger partial charge in [-0.05, 0) is 38.4 Å². The summed E-state index contributed by atoms with van der Waals surface area (Å²) in [6.07, 6.45) is 3.86. The summed E-state index contributed by atoms with van der Waals surface area (Å²) in [5.74, 6) is 0.189. The van der Waals surface area contributed by atoms with E-state index in [-0.39, 0.29) is 11.8 Å². The SMILES string of the molecule is Cc1ccc([C@@H](CNC(=O)C(C)C)N2CCCCC2)cc1. The summed E-state index contributed by atoms with van der Waals surface area (Å²) in [6, 6.07) is 9.04. The normalized spacial score (nSPS) is 17.7. The summed E-state index contributed by atoms with van der Waals surface area (Å²) in [7, 11) is 0. The van der Waals surface area contributed by atoms with Crippen LogP contribution in [0, 0.1) is 12.8 Å². The third-order valence-electron chi connectivity index (χ3n) is 4.29. The van der Waals surface area contributed by atoms with Crippen molar-refractivity contribution in [3.8, 4) is 0 Å². The summed E-state index contributed by atoms with van der Waals surface area (Å²) in [4.78, 5) is 14.4. The third kappa shape index (κ3) is 4.57. The Kier molecular flexibility index (Phi) is 5.80. The molecule has 0 aromatic heterocycles. The van der Waals surface area contributed by atoms with E-state index in [2.05, 4.69) is 41.4 Å². The van der Waals surface area contributed by atoms with Gasteiger partial charge in [-0.15, -0.1) is 0 Å². The fraction of sp³-hybridized carbons (Fsp3) is 0.611. The Hall–Kier alpha value is -1.35. The molecule has 21 heavy (non-hydrogen) atoms. The Bertz CT molecular complexity index is 447. The summed E-state index contributed by atoms with van der Waals surface area (Å²) in [5.41, 5.74) is 2.59. The Morgan fingerprint density at radius 2 is 1.76 bits per heavy atom. The lowest BCUT2D eigenvalue weighted by molar-refractivity contribution is -0.124. The Balaban J connectivity index is 2.09. The average molecular weight is 288 g/mol. The number of carbonyl (C=O) groups excluding carboxylic acids is 1. The molecule has 1 fully saturated rings. The van der Waals surface area contributed by atoms with Crippen LogP contribution in [0.5, 0.6) is 0 Å². The molecule has 3 heteroatoms. The highest BCUT2D eigenvalue weighted by Crippen LogP contribution is 2.24. The minimum Gasteiger partial charge on any atom is -0.354 e. The van der Waals surface area contributed by atoms with Crippen LogP contribution in [0.2, 0.25) is 0 Å². The van der Waals surface area contributed by atoms with Gasteiger partial charge >= 0.3 is 0 Å². The van der Waals surface area contributed by atoms with Gasteiger partial charge in [0.1, 0.15) is 0 Å². The maximum atomic E-state index is 11.9. The van der Waals surface area contributed by atoms with Crippen LogP contribution in [0.1, 0.15) is 50.3 Å². The minimum atomic E-state index is 0.0463. The molecule has 2 rings (SSSR count). The number of carbonyl (C=O) groups is 1. The van der Waals surface area contributed by atoms with E-state index in [0.717, 1.165) is 13.1 Å². The lowest BCUT2D eigenvalue weighted by Crippen LogP contribution is -2.41. The molecule has 0 aliphatic carbocycles. The number of hydrogen-bond acceptors (Lipinski definition) is 2. The summed E-state index contributed by atoms with van der Waals surface area (Å²) >= 11 is 0. The number of amides is 1. The fourth-order valence-corrected chi connectivity index (χ4v) is 2.88. The quantitative estimate of drug-likeness (QED) is 0.901. The predicted octanol–water partition coefficient (Wildman–Crippen LogP) is 3.29. The topological polar surface area (TPSA) is 32.3 Å². The molecule has 1 N–H and O–H groups in total. The number of aryl methyl sites for hydroxylation is 1. The van der Waals surface area contributed by atoms with Gasteiger partial charge in [-0.1, -0.05) is 50.1 Å². The molecule has 3 nitrogen and oxygen atoms in total. The van der Waals surface area contributed by atoms with Crippen LogP contribution in [-0.2, 0) is 4.79 Å². The molecule has 0 radical (unpaired) electrons. The Morgan fingerprint density at radius 3 is 2.33 bits per heavy atom. The molecule has 116 valence electrons. The first-order chi connectivity index (χ1) is 10.1. The molecule has 0 unspecified atom stereocenters. The summed E-state index contributed by atoms with van der Waals surface area (Å²) in [5, 5.41) is 3.11. The van der Waals surface area contributed by atoms with E-state index in [1.807, 2.05) is 13.8 Å². The van der Waals surface area contributed by atoms with Crippen LogP contribution in [0.25, 0.3) is 0 Å². The second-order valence-corrected chi connectivity index (χ2v) is 6.42. The first-order valence-electron chi connectivity index (χ1n) is 8.16. The molecule has 0 bridgehead atoms. The van der Waals surface area contributed by atoms with Crippen LogP contribution in [0.15, 0.2) is 24.3 Å². The largest absolute Gasteiger partial charge is 0.354 e. The van der Waals surface area contributed by atoms with Gasteiger partial charge in [-0.2, -0.15) is 0 Å². The van der Waals surface area contributed by atoms with E-state index in [1.165, 1.54) is 30.4 Å². The molecular weight excluding hydrogens is 260 g/mol. The minimum absolute atomic E-state index is 0.0463. The molecule has 1 atom stereocenters. The molecule has 1 aromatic carbocycles. The lowest BCUT2D eigenvalue weighted by Gasteiger charge is -2.35. The highest BCUT2D eigenvalue weighted by atomic mass is 16.1. The molecule has 1 aliphatic heterocycles. The van der Waals surface area contributed by atoms with Crippen molar-refractivity contribution >= 4 is 5.91 Å². The molecule has 0 spiro atoms. The van der Waals surface area contributed by atoms with Gasteiger partial charge in [0, 0.05) is 12.5 Å². The van der Waals surface area contributed by atoms with Gasteiger partial charge in [0.2, 0.25) is 5.91 Å². The molecule has 1 aromatic rings. The van der Waals surface area contributed by atoms with Crippen molar-refractivity contribution in [3.05, 3.63) is 35.4 Å². The molecular formula is C18H28N2O. The number of nitrogens with zero attached hydrogens (tertiary/aromatic N) is 1. The average Bonchev–Trinajstić information content (AvgIpc) is 2.50. The standard InChI is InChI=1S/C18H28N2O/c1-14(2)18(21)19-13-17(20-11-5-4-6-12-20)16-9-7-15(3)8-10-16/h7-10,14,17H,4-6,11-13H2,1-3H3,(H,19,21)/t17-/m1/s1. The first-order valence-corrected chi connectivity index (χ1v) is 8.16. The van der Waals surface area contributed by atoms with Crippen molar-refractivity contribution in [1.82, 2.24) is 10.2 Å². The third-order valence-corrected chi connectivity index (χ3v) is 4.29. The number of nitrogens with one attached hydrogen (secondary N) is 1. The second kappa shape index (κ2) is 7.60. The summed E-state index contributed by atoms with van der Waals surface area (Å²) < 4.78 is 0. The van der Waals surface area contributed by atoms with E-state index in [1.54, 1.807) is 0 Å². The zero-order valence-electron chi connectivity index (χ0n) is 13.6. The van der Waals surface area contributed by atoms with Crippen molar-refractivity contribution in [2.75, 3.05) is 19.6 Å². The van der Waals surface area contributed by atoms with Crippen molar-refractivity contribution in [1.29, 1.82) is 0 Å². The lowest BCUT2D eigenvalue weighted by atomic mass is 10.0. The van der Waals surface area contributed by atoms with Crippen LogP contribution in [-0.4, -0.2) is 30.4 Å². The predicted molar refractivity (Wildman–Crippen MR) is 87.2 cm³/mol. The number of likely N-dealkylation sites (tertiary alicyclic amines) is 1. The van der Waals surface area contributed by atoms with Crippen molar-refractivity contribution < 1.29 is 4.79 Å². The number of benzene rings is 1. The second-order valence-electron chi connectivity index (χ2n) is 6.42. The van der Waals surface area contributed by atoms with Gasteiger partial charge in [0.25, 0.3) is 0 Å². The Labute approximate surface area is 128 Å². The highest BCUT2D eigenvalue weighted by Gasteiger charge is 2.23. The van der Waals surface area contributed by atoms with Crippen LogP contribution >= 0.6 is 0 Å². The van der Waals surface area contributed by atoms with Crippen LogP contribution < -0.4 is 5.32 Å². The summed E-state index contributed by atoms with van der Waals surface area (Å²) in [6.45, 7) is 8.97. The molecule has 1 aliphatic rings. The van der Waals surface area contributed by atoms with Gasteiger partial charge < -0.3 is 5.32 Å². The van der Waals surface area contributed by atoms with Gasteiger partial charge in [-0.25, -0.2) is 0 Å². The maximum absolute atomic E-state index is 11.9. The zero-order valence-corrected chi connectivity index (χ0v) is 13.6. The number of piperidine rings is 1. The van der Waals surface area contributed by atoms with E-state index in [9.17, 15) is 4.79 Å².